The van der Waals surface area contributed by atoms with Crippen molar-refractivity contribution in [1.82, 2.24) is 4.98 Å². The van der Waals surface area contributed by atoms with Crippen molar-refractivity contribution in [3.05, 3.63) is 65.4 Å². The zero-order valence-electron chi connectivity index (χ0n) is 12.6. The van der Waals surface area contributed by atoms with Crippen molar-refractivity contribution < 1.29 is 17.9 Å². The van der Waals surface area contributed by atoms with E-state index in [2.05, 4.69) is 11.1 Å². The lowest BCUT2D eigenvalue weighted by Crippen LogP contribution is -2.04. The second kappa shape index (κ2) is 5.85. The molecule has 1 heterocycles. The molecule has 0 spiro atoms. The lowest BCUT2D eigenvalue weighted by Gasteiger charge is -2.11. The maximum absolute atomic E-state index is 12.6. The number of alkyl halides is 3. The van der Waals surface area contributed by atoms with Crippen LogP contribution in [0.4, 0.5) is 13.2 Å². The molecule has 6 heteroatoms. The Labute approximate surface area is 135 Å². The summed E-state index contributed by atoms with van der Waals surface area (Å²) in [5.74, 6) is 0.643. The van der Waals surface area contributed by atoms with Crippen LogP contribution in [0.25, 0.3) is 10.9 Å². The highest BCUT2D eigenvalue weighted by Crippen LogP contribution is 2.33. The number of hydrogen-bond acceptors (Lipinski definition) is 3. The zero-order chi connectivity index (χ0) is 17.3. The number of nitriles is 1. The SMILES string of the molecule is Cc1ccc2c(C#N)ccc(Oc3ccc(C(F)(F)F)cc3)c2n1. The number of halogens is 3. The minimum atomic E-state index is -4.39. The maximum Gasteiger partial charge on any atom is 0.416 e. The number of nitrogens with zero attached hydrogens (tertiary/aromatic N) is 2. The van der Waals surface area contributed by atoms with Crippen LogP contribution in [-0.4, -0.2) is 4.98 Å². The Balaban J connectivity index is 2.02. The van der Waals surface area contributed by atoms with E-state index in [-0.39, 0.29) is 5.75 Å². The van der Waals surface area contributed by atoms with Crippen LogP contribution in [0.15, 0.2) is 48.5 Å². The van der Waals surface area contributed by atoms with Gasteiger partial charge < -0.3 is 4.74 Å². The smallest absolute Gasteiger partial charge is 0.416 e. The number of fused-ring (bicyclic) bond motifs is 1. The Morgan fingerprint density at radius 3 is 2.33 bits per heavy atom. The summed E-state index contributed by atoms with van der Waals surface area (Å²) in [5.41, 5.74) is 0.953. The van der Waals surface area contributed by atoms with Crippen LogP contribution >= 0.6 is 0 Å². The van der Waals surface area contributed by atoms with Gasteiger partial charge in [-0.05, 0) is 55.5 Å². The molecule has 0 amide bonds. The third kappa shape index (κ3) is 3.01. The molecule has 3 rings (SSSR count). The topological polar surface area (TPSA) is 45.9 Å². The number of pyridine rings is 1. The van der Waals surface area contributed by atoms with Gasteiger partial charge in [0.1, 0.15) is 11.3 Å². The standard InChI is InChI=1S/C18H11F3N2O/c1-11-2-8-15-12(10-22)3-9-16(17(15)23-11)24-14-6-4-13(5-7-14)18(19,20)21/h2-9H,1H3. The number of aromatic nitrogens is 1. The summed E-state index contributed by atoms with van der Waals surface area (Å²) in [6.45, 7) is 1.81. The van der Waals surface area contributed by atoms with Crippen LogP contribution in [0.1, 0.15) is 16.8 Å². The van der Waals surface area contributed by atoms with Gasteiger partial charge in [0.15, 0.2) is 5.75 Å². The zero-order valence-corrected chi connectivity index (χ0v) is 12.6. The molecule has 0 bridgehead atoms. The van der Waals surface area contributed by atoms with Gasteiger partial charge in [0.25, 0.3) is 0 Å². The minimum absolute atomic E-state index is 0.261. The quantitative estimate of drug-likeness (QED) is 0.647. The van der Waals surface area contributed by atoms with E-state index in [1.54, 1.807) is 31.2 Å². The fourth-order valence-electron chi connectivity index (χ4n) is 2.31. The first kappa shape index (κ1) is 15.8. The normalized spacial score (nSPS) is 11.3. The van der Waals surface area contributed by atoms with Gasteiger partial charge in [-0.1, -0.05) is 0 Å². The Kier molecular flexibility index (Phi) is 3.86. The molecule has 2 aromatic carbocycles. The van der Waals surface area contributed by atoms with Crippen LogP contribution in [0.5, 0.6) is 11.5 Å². The second-order valence-corrected chi connectivity index (χ2v) is 5.20. The van der Waals surface area contributed by atoms with Crippen LogP contribution in [-0.2, 0) is 6.18 Å². The summed E-state index contributed by atoms with van der Waals surface area (Å²) in [7, 11) is 0. The van der Waals surface area contributed by atoms with Gasteiger partial charge in [-0.15, -0.1) is 0 Å². The Morgan fingerprint density at radius 2 is 1.71 bits per heavy atom. The summed E-state index contributed by atoms with van der Waals surface area (Å²) >= 11 is 0. The molecule has 0 N–H and O–H groups in total. The van der Waals surface area contributed by atoms with Crippen LogP contribution in [0.2, 0.25) is 0 Å². The van der Waals surface area contributed by atoms with Gasteiger partial charge in [-0.2, -0.15) is 18.4 Å². The molecule has 1 aromatic heterocycles. The Hall–Kier alpha value is -3.07. The van der Waals surface area contributed by atoms with Crippen molar-refractivity contribution in [2.24, 2.45) is 0 Å². The van der Waals surface area contributed by atoms with Crippen molar-refractivity contribution >= 4 is 10.9 Å². The van der Waals surface area contributed by atoms with Crippen molar-refractivity contribution in [3.8, 4) is 17.6 Å². The van der Waals surface area contributed by atoms with E-state index in [1.807, 2.05) is 0 Å². The molecular weight excluding hydrogens is 317 g/mol. The predicted molar refractivity (Wildman–Crippen MR) is 82.7 cm³/mol. The summed E-state index contributed by atoms with van der Waals surface area (Å²) in [6.07, 6.45) is -4.39. The molecule has 0 atom stereocenters. The maximum atomic E-state index is 12.6. The number of aryl methyl sites for hydroxylation is 1. The van der Waals surface area contributed by atoms with E-state index in [4.69, 9.17) is 10.00 Å². The van der Waals surface area contributed by atoms with E-state index in [0.29, 0.717) is 22.2 Å². The van der Waals surface area contributed by atoms with E-state index in [9.17, 15) is 13.2 Å². The summed E-state index contributed by atoms with van der Waals surface area (Å²) < 4.78 is 43.5. The first-order valence-electron chi connectivity index (χ1n) is 7.04. The number of ether oxygens (including phenoxy) is 1. The molecule has 0 unspecified atom stereocenters. The highest BCUT2D eigenvalue weighted by atomic mass is 19.4. The average Bonchev–Trinajstić information content (AvgIpc) is 2.55. The van der Waals surface area contributed by atoms with E-state index >= 15 is 0 Å². The summed E-state index contributed by atoms with van der Waals surface area (Å²) in [5, 5.41) is 9.80. The lowest BCUT2D eigenvalue weighted by atomic mass is 10.1. The lowest BCUT2D eigenvalue weighted by molar-refractivity contribution is -0.137. The highest BCUT2D eigenvalue weighted by Gasteiger charge is 2.30. The molecule has 24 heavy (non-hydrogen) atoms. The summed E-state index contributed by atoms with van der Waals surface area (Å²) in [4.78, 5) is 4.38. The number of hydrogen-bond donors (Lipinski definition) is 0. The fourth-order valence-corrected chi connectivity index (χ4v) is 2.31. The first-order valence-corrected chi connectivity index (χ1v) is 7.04. The van der Waals surface area contributed by atoms with Gasteiger partial charge in [0.2, 0.25) is 0 Å². The van der Waals surface area contributed by atoms with Crippen LogP contribution < -0.4 is 4.74 Å². The monoisotopic (exact) mass is 328 g/mol. The molecule has 0 saturated carbocycles. The molecule has 0 aliphatic carbocycles. The van der Waals surface area contributed by atoms with Gasteiger partial charge in [-0.25, -0.2) is 4.98 Å². The molecule has 3 aromatic rings. The van der Waals surface area contributed by atoms with Crippen LogP contribution in [0, 0.1) is 18.3 Å². The van der Waals surface area contributed by atoms with Gasteiger partial charge >= 0.3 is 6.18 Å². The largest absolute Gasteiger partial charge is 0.455 e. The molecule has 0 aliphatic heterocycles. The Morgan fingerprint density at radius 1 is 1.00 bits per heavy atom. The number of benzene rings is 2. The Bertz CT molecular complexity index is 941. The third-order valence-electron chi connectivity index (χ3n) is 3.49. The average molecular weight is 328 g/mol. The molecule has 0 aliphatic rings. The second-order valence-electron chi connectivity index (χ2n) is 5.20. The molecule has 0 saturated heterocycles. The highest BCUT2D eigenvalue weighted by molar-refractivity contribution is 5.89. The van der Waals surface area contributed by atoms with E-state index in [0.717, 1.165) is 17.8 Å². The predicted octanol–water partition coefficient (Wildman–Crippen LogP) is 5.23. The van der Waals surface area contributed by atoms with Gasteiger partial charge in [-0.3, -0.25) is 0 Å². The van der Waals surface area contributed by atoms with Gasteiger partial charge in [0, 0.05) is 11.1 Å². The van der Waals surface area contributed by atoms with Crippen LogP contribution in [0.3, 0.4) is 0 Å². The van der Waals surface area contributed by atoms with E-state index < -0.39 is 11.7 Å². The fraction of sp³-hybridized carbons (Fsp3) is 0.111. The number of rotatable bonds is 2. The van der Waals surface area contributed by atoms with Gasteiger partial charge in [0.05, 0.1) is 17.2 Å². The summed E-state index contributed by atoms with van der Waals surface area (Å²) in [6, 6.07) is 13.2. The molecule has 3 nitrogen and oxygen atoms in total. The minimum Gasteiger partial charge on any atom is -0.455 e. The van der Waals surface area contributed by atoms with Crippen molar-refractivity contribution in [2.45, 2.75) is 13.1 Å². The molecule has 0 fully saturated rings. The third-order valence-corrected chi connectivity index (χ3v) is 3.49. The molecule has 0 radical (unpaired) electrons. The molecule has 120 valence electrons. The van der Waals surface area contributed by atoms with Crippen molar-refractivity contribution in [1.29, 1.82) is 5.26 Å². The van der Waals surface area contributed by atoms with Crippen molar-refractivity contribution in [3.63, 3.8) is 0 Å². The van der Waals surface area contributed by atoms with E-state index in [1.165, 1.54) is 12.1 Å². The first-order chi connectivity index (χ1) is 11.4. The molecular formula is C18H11F3N2O. The van der Waals surface area contributed by atoms with Crippen molar-refractivity contribution in [2.75, 3.05) is 0 Å².